The van der Waals surface area contributed by atoms with Gasteiger partial charge in [0.05, 0.1) is 35.7 Å². The molecule has 0 radical (unpaired) electrons. The Balaban J connectivity index is 2.66. The molecule has 1 aromatic rings. The zero-order valence-corrected chi connectivity index (χ0v) is 16.0. The fraction of sp³-hybridized carbons (Fsp3) is 0.368. The number of benzene rings is 1. The smallest absolute Gasteiger partial charge is 0.336 e. The zero-order valence-electron chi connectivity index (χ0n) is 16.0. The Morgan fingerprint density at radius 3 is 2.36 bits per heavy atom. The Bertz CT molecular complexity index is 859. The van der Waals surface area contributed by atoms with E-state index in [1.165, 1.54) is 25.3 Å². The zero-order chi connectivity index (χ0) is 20.8. The number of carbonyl (C=O) groups is 2. The van der Waals surface area contributed by atoms with Crippen molar-refractivity contribution in [1.82, 2.24) is 5.32 Å². The van der Waals surface area contributed by atoms with Crippen LogP contribution in [0.15, 0.2) is 46.8 Å². The molecule has 3 N–H and O–H groups in total. The van der Waals surface area contributed by atoms with Gasteiger partial charge in [0.1, 0.15) is 0 Å². The largest absolute Gasteiger partial charge is 0.466 e. The van der Waals surface area contributed by atoms with Crippen molar-refractivity contribution in [2.24, 2.45) is 5.73 Å². The molecular formula is C19H23N3O6. The number of ether oxygens (including phenoxy) is 2. The maximum Gasteiger partial charge on any atom is 0.336 e. The first-order chi connectivity index (χ1) is 13.3. The van der Waals surface area contributed by atoms with Gasteiger partial charge in [-0.1, -0.05) is 18.2 Å². The number of hydrogen-bond donors (Lipinski definition) is 2. The second kappa shape index (κ2) is 9.14. The van der Waals surface area contributed by atoms with E-state index in [4.69, 9.17) is 15.2 Å². The highest BCUT2D eigenvalue weighted by Gasteiger charge is 2.40. The lowest BCUT2D eigenvalue weighted by molar-refractivity contribution is -0.385. The highest BCUT2D eigenvalue weighted by molar-refractivity contribution is 6.00. The Morgan fingerprint density at radius 1 is 1.18 bits per heavy atom. The molecule has 150 valence electrons. The molecule has 1 aromatic carbocycles. The molecule has 9 heteroatoms. The first-order valence-corrected chi connectivity index (χ1v) is 8.70. The van der Waals surface area contributed by atoms with Crippen molar-refractivity contribution in [2.45, 2.75) is 26.2 Å². The minimum atomic E-state index is -0.999. The van der Waals surface area contributed by atoms with Crippen LogP contribution in [0.4, 0.5) is 5.69 Å². The van der Waals surface area contributed by atoms with Gasteiger partial charge in [0.15, 0.2) is 0 Å². The number of dihydropyridines is 1. The van der Waals surface area contributed by atoms with E-state index in [2.05, 4.69) is 5.32 Å². The van der Waals surface area contributed by atoms with E-state index in [1.807, 2.05) is 0 Å². The monoisotopic (exact) mass is 389 g/mol. The van der Waals surface area contributed by atoms with Gasteiger partial charge in [-0.15, -0.1) is 0 Å². The average molecular weight is 389 g/mol. The molecule has 1 unspecified atom stereocenters. The lowest BCUT2D eigenvalue weighted by atomic mass is 9.79. The maximum absolute atomic E-state index is 12.8. The van der Waals surface area contributed by atoms with E-state index < -0.39 is 22.8 Å². The number of nitrogens with two attached hydrogens (primary N) is 1. The van der Waals surface area contributed by atoms with Gasteiger partial charge in [-0.05, 0) is 26.8 Å². The van der Waals surface area contributed by atoms with Gasteiger partial charge in [-0.3, -0.25) is 10.1 Å². The predicted octanol–water partition coefficient (Wildman–Crippen LogP) is 1.89. The SMILES string of the molecule is COC(=O)C1=C(C)NC(C)=C(C(=O)OCCCN)C1c1ccccc1[N+](=O)[O-]. The molecule has 1 aliphatic heterocycles. The number of hydrogen-bond acceptors (Lipinski definition) is 8. The summed E-state index contributed by atoms with van der Waals surface area (Å²) in [6.07, 6.45) is 0.473. The highest BCUT2D eigenvalue weighted by Crippen LogP contribution is 2.42. The van der Waals surface area contributed by atoms with Gasteiger partial charge >= 0.3 is 11.9 Å². The number of nitrogens with one attached hydrogen (secondary N) is 1. The molecule has 0 fully saturated rings. The number of allylic oxidation sites excluding steroid dienone is 2. The second-order valence-corrected chi connectivity index (χ2v) is 6.22. The number of nitro groups is 1. The topological polar surface area (TPSA) is 134 Å². The van der Waals surface area contributed by atoms with Crippen molar-refractivity contribution >= 4 is 17.6 Å². The molecule has 0 amide bonds. The normalized spacial score (nSPS) is 16.5. The Morgan fingerprint density at radius 2 is 1.79 bits per heavy atom. The summed E-state index contributed by atoms with van der Waals surface area (Å²) in [7, 11) is 1.21. The van der Waals surface area contributed by atoms with E-state index in [0.717, 1.165) is 0 Å². The van der Waals surface area contributed by atoms with Gasteiger partial charge in [0.25, 0.3) is 5.69 Å². The molecule has 0 bridgehead atoms. The third-order valence-electron chi connectivity index (χ3n) is 4.41. The molecule has 0 saturated carbocycles. The molecule has 1 aliphatic rings. The predicted molar refractivity (Wildman–Crippen MR) is 101 cm³/mol. The summed E-state index contributed by atoms with van der Waals surface area (Å²) in [4.78, 5) is 36.3. The first-order valence-electron chi connectivity index (χ1n) is 8.70. The van der Waals surface area contributed by atoms with Crippen molar-refractivity contribution in [1.29, 1.82) is 0 Å². The Hall–Kier alpha value is -3.20. The highest BCUT2D eigenvalue weighted by atomic mass is 16.6. The summed E-state index contributed by atoms with van der Waals surface area (Å²) in [6.45, 7) is 3.75. The van der Waals surface area contributed by atoms with Crippen molar-refractivity contribution in [3.05, 3.63) is 62.5 Å². The van der Waals surface area contributed by atoms with Gasteiger partial charge < -0.3 is 20.5 Å². The second-order valence-electron chi connectivity index (χ2n) is 6.22. The first kappa shape index (κ1) is 21.1. The van der Waals surface area contributed by atoms with Crippen LogP contribution in [0.5, 0.6) is 0 Å². The van der Waals surface area contributed by atoms with Crippen LogP contribution in [0.1, 0.15) is 31.7 Å². The van der Waals surface area contributed by atoms with Crippen LogP contribution in [0, 0.1) is 10.1 Å². The van der Waals surface area contributed by atoms with Crippen LogP contribution in [0.25, 0.3) is 0 Å². The number of esters is 2. The van der Waals surface area contributed by atoms with Crippen molar-refractivity contribution in [2.75, 3.05) is 20.3 Å². The Kier molecular flexibility index (Phi) is 6.89. The molecule has 2 rings (SSSR count). The summed E-state index contributed by atoms with van der Waals surface area (Å²) in [5.41, 5.74) is 6.57. The molecule has 0 aromatic heterocycles. The number of nitrogens with zero attached hydrogens (tertiary/aromatic N) is 1. The summed E-state index contributed by atoms with van der Waals surface area (Å²) in [6, 6.07) is 5.98. The van der Waals surface area contributed by atoms with Crippen molar-refractivity contribution < 1.29 is 24.0 Å². The lowest BCUT2D eigenvalue weighted by Gasteiger charge is -2.30. The third-order valence-corrected chi connectivity index (χ3v) is 4.41. The van der Waals surface area contributed by atoms with Crippen LogP contribution in [-0.2, 0) is 19.1 Å². The number of methoxy groups -OCH3 is 1. The molecule has 1 heterocycles. The van der Waals surface area contributed by atoms with Crippen LogP contribution in [-0.4, -0.2) is 37.1 Å². The van der Waals surface area contributed by atoms with Crippen LogP contribution in [0.2, 0.25) is 0 Å². The van der Waals surface area contributed by atoms with Gasteiger partial charge in [-0.2, -0.15) is 0 Å². The maximum atomic E-state index is 12.8. The fourth-order valence-corrected chi connectivity index (χ4v) is 3.18. The van der Waals surface area contributed by atoms with E-state index in [0.29, 0.717) is 24.4 Å². The van der Waals surface area contributed by atoms with E-state index in [9.17, 15) is 19.7 Å². The molecule has 1 atom stereocenters. The summed E-state index contributed by atoms with van der Waals surface area (Å²) in [5, 5.41) is 14.5. The minimum Gasteiger partial charge on any atom is -0.466 e. The molecule has 0 saturated heterocycles. The van der Waals surface area contributed by atoms with Crippen LogP contribution in [0.3, 0.4) is 0 Å². The fourth-order valence-electron chi connectivity index (χ4n) is 3.18. The van der Waals surface area contributed by atoms with Crippen molar-refractivity contribution in [3.8, 4) is 0 Å². The van der Waals surface area contributed by atoms with Gasteiger partial charge in [-0.25, -0.2) is 9.59 Å². The Labute approximate surface area is 162 Å². The summed E-state index contributed by atoms with van der Waals surface area (Å²) >= 11 is 0. The quantitative estimate of drug-likeness (QED) is 0.312. The average Bonchev–Trinajstić information content (AvgIpc) is 2.66. The number of nitro benzene ring substituents is 1. The molecule has 0 aliphatic carbocycles. The molecule has 28 heavy (non-hydrogen) atoms. The van der Waals surface area contributed by atoms with E-state index in [1.54, 1.807) is 19.9 Å². The van der Waals surface area contributed by atoms with E-state index in [-0.39, 0.29) is 29.0 Å². The number of para-hydroxylation sites is 1. The van der Waals surface area contributed by atoms with Gasteiger partial charge in [0, 0.05) is 23.0 Å². The summed E-state index contributed by atoms with van der Waals surface area (Å²) in [5.74, 6) is -2.36. The van der Waals surface area contributed by atoms with Crippen molar-refractivity contribution in [3.63, 3.8) is 0 Å². The van der Waals surface area contributed by atoms with E-state index >= 15 is 0 Å². The van der Waals surface area contributed by atoms with Crippen LogP contribution >= 0.6 is 0 Å². The van der Waals surface area contributed by atoms with Crippen LogP contribution < -0.4 is 11.1 Å². The molecular weight excluding hydrogens is 366 g/mol. The third kappa shape index (κ3) is 4.20. The number of rotatable bonds is 7. The standard InChI is InChI=1S/C19H23N3O6/c1-11-15(18(23)27-3)17(13-7-4-5-8-14(13)22(25)26)16(12(2)21-11)19(24)28-10-6-9-20/h4-5,7-8,17,21H,6,9-10,20H2,1-3H3. The number of carbonyl (C=O) groups excluding carboxylic acids is 2. The lowest BCUT2D eigenvalue weighted by Crippen LogP contribution is -2.32. The summed E-state index contributed by atoms with van der Waals surface area (Å²) < 4.78 is 10.2. The van der Waals surface area contributed by atoms with Gasteiger partial charge in [0.2, 0.25) is 0 Å². The molecule has 0 spiro atoms. The minimum absolute atomic E-state index is 0.103. The molecule has 9 nitrogen and oxygen atoms in total.